The van der Waals surface area contributed by atoms with E-state index in [1.165, 1.54) is 24.8 Å². The smallest absolute Gasteiger partial charge is 0.118 e. The van der Waals surface area contributed by atoms with E-state index in [-0.39, 0.29) is 0 Å². The molecule has 0 aliphatic carbocycles. The molecule has 0 spiro atoms. The van der Waals surface area contributed by atoms with Crippen LogP contribution in [-0.4, -0.2) is 25.6 Å². The van der Waals surface area contributed by atoms with Crippen molar-refractivity contribution in [3.8, 4) is 5.75 Å². The minimum absolute atomic E-state index is 0.922. The lowest BCUT2D eigenvalue weighted by Gasteiger charge is -2.16. The molecule has 2 nitrogen and oxygen atoms in total. The summed E-state index contributed by atoms with van der Waals surface area (Å²) in [7, 11) is 3.88. The van der Waals surface area contributed by atoms with Crippen LogP contribution in [0.2, 0.25) is 0 Å². The van der Waals surface area contributed by atoms with Crippen LogP contribution in [0, 0.1) is 0 Å². The monoisotopic (exact) mass is 247 g/mol. The molecule has 0 heterocycles. The Morgan fingerprint density at radius 3 is 2.50 bits per heavy atom. The van der Waals surface area contributed by atoms with Gasteiger partial charge in [0.25, 0.3) is 0 Å². The highest BCUT2D eigenvalue weighted by atomic mass is 16.5. The standard InChI is InChI=1S/C16H25NO/c1-4-5-6-7-8-13-17(2)14-15-9-11-16(18-3)12-10-15/h4,9-12H,1,5-8,13-14H2,2-3H3. The van der Waals surface area contributed by atoms with Gasteiger partial charge in [-0.2, -0.15) is 0 Å². The van der Waals surface area contributed by atoms with Crippen molar-refractivity contribution in [2.75, 3.05) is 20.7 Å². The second-order valence-corrected chi connectivity index (χ2v) is 4.72. The zero-order valence-electron chi connectivity index (χ0n) is 11.7. The fraction of sp³-hybridized carbons (Fsp3) is 0.500. The second kappa shape index (κ2) is 8.76. The molecule has 0 aromatic heterocycles. The molecule has 0 amide bonds. The van der Waals surface area contributed by atoms with Crippen molar-refractivity contribution in [3.05, 3.63) is 42.5 Å². The predicted octanol–water partition coefficient (Wildman–Crippen LogP) is 3.87. The van der Waals surface area contributed by atoms with Crippen molar-refractivity contribution in [2.24, 2.45) is 0 Å². The van der Waals surface area contributed by atoms with Crippen LogP contribution < -0.4 is 4.74 Å². The first-order chi connectivity index (χ1) is 8.76. The minimum Gasteiger partial charge on any atom is -0.497 e. The van der Waals surface area contributed by atoms with E-state index in [1.54, 1.807) is 7.11 Å². The van der Waals surface area contributed by atoms with Gasteiger partial charge in [0.1, 0.15) is 5.75 Å². The zero-order chi connectivity index (χ0) is 13.2. The Labute approximate surface area is 111 Å². The number of rotatable bonds is 9. The first kappa shape index (κ1) is 14.8. The third-order valence-corrected chi connectivity index (χ3v) is 3.06. The normalized spacial score (nSPS) is 10.6. The molecule has 0 fully saturated rings. The molecule has 0 aliphatic heterocycles. The van der Waals surface area contributed by atoms with E-state index in [4.69, 9.17) is 4.74 Å². The Bertz CT molecular complexity index is 331. The predicted molar refractivity (Wildman–Crippen MR) is 78.0 cm³/mol. The largest absolute Gasteiger partial charge is 0.497 e. The third-order valence-electron chi connectivity index (χ3n) is 3.06. The van der Waals surface area contributed by atoms with Crippen molar-refractivity contribution in [1.29, 1.82) is 0 Å². The first-order valence-electron chi connectivity index (χ1n) is 6.68. The van der Waals surface area contributed by atoms with Crippen molar-refractivity contribution in [3.63, 3.8) is 0 Å². The summed E-state index contributed by atoms with van der Waals surface area (Å²) < 4.78 is 5.15. The van der Waals surface area contributed by atoms with Crippen molar-refractivity contribution >= 4 is 0 Å². The quantitative estimate of drug-likeness (QED) is 0.485. The highest BCUT2D eigenvalue weighted by Gasteiger charge is 2.00. The summed E-state index contributed by atoms with van der Waals surface area (Å²) in [5.41, 5.74) is 1.34. The maximum Gasteiger partial charge on any atom is 0.118 e. The average molecular weight is 247 g/mol. The molecule has 0 atom stereocenters. The summed E-state index contributed by atoms with van der Waals surface area (Å²) in [6.07, 6.45) is 6.96. The van der Waals surface area contributed by atoms with Gasteiger partial charge in [-0.15, -0.1) is 6.58 Å². The Kier molecular flexibility index (Phi) is 7.19. The number of benzene rings is 1. The van der Waals surface area contributed by atoms with Crippen LogP contribution in [0.25, 0.3) is 0 Å². The summed E-state index contributed by atoms with van der Waals surface area (Å²) in [4.78, 5) is 2.37. The lowest BCUT2D eigenvalue weighted by atomic mass is 10.1. The Morgan fingerprint density at radius 1 is 1.17 bits per heavy atom. The van der Waals surface area contributed by atoms with Crippen molar-refractivity contribution in [2.45, 2.75) is 32.2 Å². The molecule has 2 heteroatoms. The van der Waals surface area contributed by atoms with E-state index in [2.05, 4.69) is 30.7 Å². The number of allylic oxidation sites excluding steroid dienone is 1. The molecule has 0 N–H and O–H groups in total. The lowest BCUT2D eigenvalue weighted by molar-refractivity contribution is 0.317. The van der Waals surface area contributed by atoms with Gasteiger partial charge < -0.3 is 9.64 Å². The second-order valence-electron chi connectivity index (χ2n) is 4.72. The molecule has 0 saturated heterocycles. The third kappa shape index (κ3) is 5.87. The number of hydrogen-bond acceptors (Lipinski definition) is 2. The summed E-state index contributed by atoms with van der Waals surface area (Å²) in [6.45, 7) is 5.90. The average Bonchev–Trinajstić information content (AvgIpc) is 2.39. The van der Waals surface area contributed by atoms with Gasteiger partial charge in [-0.1, -0.05) is 24.6 Å². The molecule has 0 unspecified atom stereocenters. The maximum absolute atomic E-state index is 5.15. The van der Waals surface area contributed by atoms with E-state index in [0.29, 0.717) is 0 Å². The summed E-state index contributed by atoms with van der Waals surface area (Å²) in [5.74, 6) is 0.922. The summed E-state index contributed by atoms with van der Waals surface area (Å²) in [6, 6.07) is 8.31. The van der Waals surface area contributed by atoms with Gasteiger partial charge in [0.05, 0.1) is 7.11 Å². The molecular formula is C16H25NO. The minimum atomic E-state index is 0.922. The van der Waals surface area contributed by atoms with E-state index in [9.17, 15) is 0 Å². The number of hydrogen-bond donors (Lipinski definition) is 0. The molecule has 1 rings (SSSR count). The number of unbranched alkanes of at least 4 members (excludes halogenated alkanes) is 3. The molecule has 0 aliphatic rings. The van der Waals surface area contributed by atoms with E-state index in [1.807, 2.05) is 18.2 Å². The van der Waals surface area contributed by atoms with Crippen LogP contribution >= 0.6 is 0 Å². The molecule has 0 saturated carbocycles. The Balaban J connectivity index is 2.22. The fourth-order valence-corrected chi connectivity index (χ4v) is 1.97. The fourth-order valence-electron chi connectivity index (χ4n) is 1.97. The maximum atomic E-state index is 5.15. The number of ether oxygens (including phenoxy) is 1. The summed E-state index contributed by atoms with van der Waals surface area (Å²) in [5, 5.41) is 0. The van der Waals surface area contributed by atoms with Gasteiger partial charge in [0.2, 0.25) is 0 Å². The highest BCUT2D eigenvalue weighted by molar-refractivity contribution is 5.26. The van der Waals surface area contributed by atoms with E-state index >= 15 is 0 Å². The number of nitrogens with zero attached hydrogens (tertiary/aromatic N) is 1. The van der Waals surface area contributed by atoms with E-state index < -0.39 is 0 Å². The molecule has 0 bridgehead atoms. The molecule has 18 heavy (non-hydrogen) atoms. The number of methoxy groups -OCH3 is 1. The Hall–Kier alpha value is -1.28. The molecule has 0 radical (unpaired) electrons. The van der Waals surface area contributed by atoms with Crippen LogP contribution in [0.15, 0.2) is 36.9 Å². The van der Waals surface area contributed by atoms with Crippen molar-refractivity contribution < 1.29 is 4.74 Å². The van der Waals surface area contributed by atoms with Gasteiger partial charge >= 0.3 is 0 Å². The lowest BCUT2D eigenvalue weighted by Crippen LogP contribution is -2.18. The van der Waals surface area contributed by atoms with Gasteiger partial charge in [-0.3, -0.25) is 0 Å². The summed E-state index contributed by atoms with van der Waals surface area (Å²) >= 11 is 0. The first-order valence-corrected chi connectivity index (χ1v) is 6.68. The molecule has 100 valence electrons. The van der Waals surface area contributed by atoms with Gasteiger partial charge in [0, 0.05) is 6.54 Å². The van der Waals surface area contributed by atoms with Crippen LogP contribution in [0.3, 0.4) is 0 Å². The van der Waals surface area contributed by atoms with Gasteiger partial charge in [-0.05, 0) is 50.6 Å². The molecule has 1 aromatic carbocycles. The molecular weight excluding hydrogens is 222 g/mol. The van der Waals surface area contributed by atoms with Crippen molar-refractivity contribution in [1.82, 2.24) is 4.90 Å². The van der Waals surface area contributed by atoms with Gasteiger partial charge in [0.15, 0.2) is 0 Å². The molecule has 1 aromatic rings. The zero-order valence-corrected chi connectivity index (χ0v) is 11.7. The van der Waals surface area contributed by atoms with Crippen LogP contribution in [0.1, 0.15) is 31.2 Å². The van der Waals surface area contributed by atoms with Crippen LogP contribution in [0.4, 0.5) is 0 Å². The topological polar surface area (TPSA) is 12.5 Å². The van der Waals surface area contributed by atoms with Gasteiger partial charge in [-0.25, -0.2) is 0 Å². The SMILES string of the molecule is C=CCCCCCN(C)Cc1ccc(OC)cc1. The highest BCUT2D eigenvalue weighted by Crippen LogP contribution is 2.12. The Morgan fingerprint density at radius 2 is 1.89 bits per heavy atom. The van der Waals surface area contributed by atoms with Crippen LogP contribution in [-0.2, 0) is 6.54 Å². The van der Waals surface area contributed by atoms with Crippen LogP contribution in [0.5, 0.6) is 5.75 Å². The van der Waals surface area contributed by atoms with E-state index in [0.717, 1.165) is 25.3 Å².